The van der Waals surface area contributed by atoms with Gasteiger partial charge in [0.05, 0.1) is 5.52 Å². The molecule has 1 atom stereocenters. The molecule has 1 heterocycles. The first kappa shape index (κ1) is 29.2. The van der Waals surface area contributed by atoms with E-state index in [0.717, 1.165) is 18.4 Å². The number of fused-ring (bicyclic) bond motifs is 1. The number of halogens is 3. The number of alkyl halides is 3. The fourth-order valence-electron chi connectivity index (χ4n) is 3.95. The minimum Gasteiger partial charge on any atom is -0.480 e. The number of amides is 1. The minimum absolute atomic E-state index is 0.0157. The molecular weight excluding hydrogens is 493 g/mol. The van der Waals surface area contributed by atoms with Gasteiger partial charge in [-0.05, 0) is 53.9 Å². The van der Waals surface area contributed by atoms with E-state index in [1.54, 1.807) is 18.2 Å². The summed E-state index contributed by atoms with van der Waals surface area (Å²) in [6.07, 6.45) is -3.43. The largest absolute Gasteiger partial charge is 0.480 e. The second kappa shape index (κ2) is 11.2. The lowest BCUT2D eigenvalue weighted by molar-refractivity contribution is -0.144. The van der Waals surface area contributed by atoms with Crippen LogP contribution in [0.1, 0.15) is 84.7 Å². The standard InChI is InChI=1S/C29H37F3N4O2/c1-8-22(38-23-16-15-18(27(4,5)9-2)17-20(23)28(6,7)10-3)25(37)36-35-24-19-13-11-12-14-21(19)33-26(34-24)29(30,31)32/h11-17,22H,8-10H2,1-7H3,(H,36,37)(H,33,34,35). The highest BCUT2D eigenvalue weighted by molar-refractivity contribution is 5.90. The number of hydrogen-bond acceptors (Lipinski definition) is 5. The molecule has 206 valence electrons. The first-order chi connectivity index (χ1) is 17.7. The Morgan fingerprint density at radius 2 is 1.61 bits per heavy atom. The summed E-state index contributed by atoms with van der Waals surface area (Å²) in [5, 5.41) is 0.343. The van der Waals surface area contributed by atoms with E-state index < -0.39 is 24.0 Å². The van der Waals surface area contributed by atoms with Crippen molar-refractivity contribution in [3.63, 3.8) is 0 Å². The summed E-state index contributed by atoms with van der Waals surface area (Å²) >= 11 is 0. The molecule has 2 N–H and O–H groups in total. The highest BCUT2D eigenvalue weighted by atomic mass is 19.4. The summed E-state index contributed by atoms with van der Waals surface area (Å²) in [6.45, 7) is 14.7. The lowest BCUT2D eigenvalue weighted by atomic mass is 9.76. The van der Waals surface area contributed by atoms with E-state index in [1.807, 2.05) is 19.1 Å². The molecule has 0 radical (unpaired) electrons. The number of rotatable bonds is 10. The van der Waals surface area contributed by atoms with Gasteiger partial charge in [0.25, 0.3) is 5.91 Å². The number of anilines is 1. The monoisotopic (exact) mass is 530 g/mol. The third-order valence-electron chi connectivity index (χ3n) is 7.35. The Labute approximate surface area is 222 Å². The summed E-state index contributed by atoms with van der Waals surface area (Å²) in [4.78, 5) is 20.3. The van der Waals surface area contributed by atoms with Crippen molar-refractivity contribution in [1.82, 2.24) is 15.4 Å². The van der Waals surface area contributed by atoms with Crippen LogP contribution in [0.2, 0.25) is 0 Å². The second-order valence-electron chi connectivity index (χ2n) is 10.7. The topological polar surface area (TPSA) is 76.1 Å². The summed E-state index contributed by atoms with van der Waals surface area (Å²) < 4.78 is 46.3. The average molecular weight is 531 g/mol. The van der Waals surface area contributed by atoms with Crippen molar-refractivity contribution in [2.75, 3.05) is 5.43 Å². The van der Waals surface area contributed by atoms with Crippen LogP contribution in [0.4, 0.5) is 19.0 Å². The fraction of sp³-hybridized carbons (Fsp3) is 0.483. The van der Waals surface area contributed by atoms with Gasteiger partial charge in [-0.25, -0.2) is 9.97 Å². The third kappa shape index (κ3) is 6.37. The summed E-state index contributed by atoms with van der Waals surface area (Å²) in [7, 11) is 0. The minimum atomic E-state index is -4.74. The highest BCUT2D eigenvalue weighted by Crippen LogP contribution is 2.39. The maximum atomic E-state index is 13.3. The first-order valence-electron chi connectivity index (χ1n) is 12.9. The Kier molecular flexibility index (Phi) is 8.58. The number of benzene rings is 2. The molecule has 0 aliphatic carbocycles. The molecule has 1 unspecified atom stereocenters. The Balaban J connectivity index is 1.88. The molecule has 38 heavy (non-hydrogen) atoms. The van der Waals surface area contributed by atoms with Crippen molar-refractivity contribution in [3.05, 3.63) is 59.4 Å². The SMILES string of the molecule is CCC(Oc1ccc(C(C)(C)CC)cc1C(C)(C)CC)C(=O)NNc1nc(C(F)(F)F)nc2ccccc12. The van der Waals surface area contributed by atoms with E-state index in [1.165, 1.54) is 11.6 Å². The van der Waals surface area contributed by atoms with E-state index in [4.69, 9.17) is 4.74 Å². The first-order valence-corrected chi connectivity index (χ1v) is 12.9. The van der Waals surface area contributed by atoms with Crippen molar-refractivity contribution in [2.45, 2.75) is 90.8 Å². The Bertz CT molecular complexity index is 1290. The van der Waals surface area contributed by atoms with Crippen molar-refractivity contribution in [3.8, 4) is 5.75 Å². The molecule has 3 aromatic rings. The molecular formula is C29H37F3N4O2. The predicted octanol–water partition coefficient (Wildman–Crippen LogP) is 7.32. The number of carbonyl (C=O) groups excluding carboxylic acids is 1. The van der Waals surface area contributed by atoms with E-state index in [9.17, 15) is 18.0 Å². The Hall–Kier alpha value is -3.36. The molecule has 1 amide bonds. The van der Waals surface area contributed by atoms with E-state index in [0.29, 0.717) is 17.6 Å². The smallest absolute Gasteiger partial charge is 0.451 e. The molecule has 6 nitrogen and oxygen atoms in total. The summed E-state index contributed by atoms with van der Waals surface area (Å²) in [6, 6.07) is 12.4. The van der Waals surface area contributed by atoms with Crippen LogP contribution in [0.5, 0.6) is 5.75 Å². The van der Waals surface area contributed by atoms with Crippen LogP contribution in [0.25, 0.3) is 10.9 Å². The molecule has 1 aromatic heterocycles. The number of carbonyl (C=O) groups is 1. The van der Waals surface area contributed by atoms with Crippen LogP contribution in [-0.2, 0) is 21.8 Å². The average Bonchev–Trinajstić information content (AvgIpc) is 2.89. The zero-order valence-electron chi connectivity index (χ0n) is 23.1. The van der Waals surface area contributed by atoms with E-state index >= 15 is 0 Å². The van der Waals surface area contributed by atoms with Gasteiger partial charge in [0.1, 0.15) is 5.75 Å². The lowest BCUT2D eigenvalue weighted by Crippen LogP contribution is -2.41. The molecule has 2 aromatic carbocycles. The Morgan fingerprint density at radius 3 is 2.21 bits per heavy atom. The zero-order chi connectivity index (χ0) is 28.3. The molecule has 0 spiro atoms. The van der Waals surface area contributed by atoms with Gasteiger partial charge in [-0.3, -0.25) is 15.6 Å². The predicted molar refractivity (Wildman–Crippen MR) is 144 cm³/mol. The zero-order valence-corrected chi connectivity index (χ0v) is 23.1. The van der Waals surface area contributed by atoms with E-state index in [-0.39, 0.29) is 22.2 Å². The quantitative estimate of drug-likeness (QED) is 0.269. The van der Waals surface area contributed by atoms with Gasteiger partial charge < -0.3 is 4.74 Å². The molecule has 0 aliphatic rings. The summed E-state index contributed by atoms with van der Waals surface area (Å²) in [5.74, 6) is -1.36. The third-order valence-corrected chi connectivity index (χ3v) is 7.35. The molecule has 3 rings (SSSR count). The van der Waals surface area contributed by atoms with Crippen molar-refractivity contribution >= 4 is 22.6 Å². The number of ether oxygens (including phenoxy) is 1. The second-order valence-corrected chi connectivity index (χ2v) is 10.7. The number of aromatic nitrogens is 2. The van der Waals surface area contributed by atoms with Gasteiger partial charge in [0.15, 0.2) is 11.9 Å². The number of hydrogen-bond donors (Lipinski definition) is 2. The fourth-order valence-corrected chi connectivity index (χ4v) is 3.95. The Morgan fingerprint density at radius 1 is 0.947 bits per heavy atom. The number of nitrogens with one attached hydrogen (secondary N) is 2. The van der Waals surface area contributed by atoms with Gasteiger partial charge in [-0.2, -0.15) is 13.2 Å². The van der Waals surface area contributed by atoms with Crippen LogP contribution >= 0.6 is 0 Å². The maximum Gasteiger partial charge on any atom is 0.451 e. The van der Waals surface area contributed by atoms with E-state index in [2.05, 4.69) is 68.4 Å². The normalized spacial score (nSPS) is 13.3. The van der Waals surface area contributed by atoms with Crippen molar-refractivity contribution in [2.24, 2.45) is 0 Å². The highest BCUT2D eigenvalue weighted by Gasteiger charge is 2.36. The number of nitrogens with zero attached hydrogens (tertiary/aromatic N) is 2. The molecule has 0 aliphatic heterocycles. The molecule has 0 saturated heterocycles. The van der Waals surface area contributed by atoms with Gasteiger partial charge >= 0.3 is 6.18 Å². The lowest BCUT2D eigenvalue weighted by Gasteiger charge is -2.31. The van der Waals surface area contributed by atoms with Crippen LogP contribution < -0.4 is 15.6 Å². The van der Waals surface area contributed by atoms with Crippen molar-refractivity contribution < 1.29 is 22.7 Å². The molecule has 0 saturated carbocycles. The number of para-hydroxylation sites is 1. The van der Waals surface area contributed by atoms with Crippen LogP contribution in [0, 0.1) is 0 Å². The van der Waals surface area contributed by atoms with Crippen LogP contribution in [-0.4, -0.2) is 22.0 Å². The van der Waals surface area contributed by atoms with Gasteiger partial charge in [-0.15, -0.1) is 0 Å². The molecule has 0 fully saturated rings. The molecule has 0 bridgehead atoms. The van der Waals surface area contributed by atoms with Gasteiger partial charge in [0, 0.05) is 10.9 Å². The molecule has 9 heteroatoms. The maximum absolute atomic E-state index is 13.3. The van der Waals surface area contributed by atoms with Crippen LogP contribution in [0.15, 0.2) is 42.5 Å². The van der Waals surface area contributed by atoms with Gasteiger partial charge in [-0.1, -0.05) is 72.7 Å². The van der Waals surface area contributed by atoms with Crippen molar-refractivity contribution in [1.29, 1.82) is 0 Å². The number of hydrazine groups is 1. The summed E-state index contributed by atoms with van der Waals surface area (Å²) in [5.41, 5.74) is 7.15. The van der Waals surface area contributed by atoms with Crippen LogP contribution in [0.3, 0.4) is 0 Å². The van der Waals surface area contributed by atoms with Gasteiger partial charge in [0.2, 0.25) is 5.82 Å².